The third-order valence-corrected chi connectivity index (χ3v) is 7.29. The summed E-state index contributed by atoms with van der Waals surface area (Å²) in [6.07, 6.45) is 7.47. The summed E-state index contributed by atoms with van der Waals surface area (Å²) in [6, 6.07) is 8.05. The maximum Gasteiger partial charge on any atom is 0.236 e. The number of ether oxygens (including phenoxy) is 1. The van der Waals surface area contributed by atoms with Crippen LogP contribution in [-0.4, -0.2) is 86.7 Å². The quantitative estimate of drug-likeness (QED) is 0.377. The van der Waals surface area contributed by atoms with E-state index in [0.717, 1.165) is 65.9 Å². The summed E-state index contributed by atoms with van der Waals surface area (Å²) in [4.78, 5) is 30.8. The van der Waals surface area contributed by atoms with Crippen molar-refractivity contribution in [2.24, 2.45) is 7.05 Å². The Morgan fingerprint density at radius 3 is 2.70 bits per heavy atom. The molecule has 1 aromatic carbocycles. The van der Waals surface area contributed by atoms with Crippen molar-refractivity contribution < 1.29 is 9.53 Å². The number of piperazine rings is 1. The molecular weight excluding hydrogens is 466 g/mol. The van der Waals surface area contributed by atoms with Gasteiger partial charge >= 0.3 is 0 Å². The number of carbonyl (C=O) groups is 1. The molecule has 1 N–H and O–H groups in total. The normalized spacial score (nSPS) is 15.8. The lowest BCUT2D eigenvalue weighted by Gasteiger charge is -2.37. The van der Waals surface area contributed by atoms with Crippen LogP contribution in [0.2, 0.25) is 0 Å². The van der Waals surface area contributed by atoms with E-state index in [1.807, 2.05) is 31.6 Å². The third-order valence-electron chi connectivity index (χ3n) is 7.29. The number of hydrogen-bond acceptors (Lipinski definition) is 7. The summed E-state index contributed by atoms with van der Waals surface area (Å²) in [5.41, 5.74) is 4.79. The summed E-state index contributed by atoms with van der Waals surface area (Å²) in [6.45, 7) is 6.01. The van der Waals surface area contributed by atoms with Gasteiger partial charge in [0.25, 0.3) is 0 Å². The fraction of sp³-hybridized carbons (Fsp3) is 0.429. The zero-order chi connectivity index (χ0) is 25.9. The molecule has 1 saturated heterocycles. The molecule has 0 radical (unpaired) electrons. The minimum Gasteiger partial charge on any atom is -0.480 e. The predicted molar refractivity (Wildman–Crippen MR) is 144 cm³/mol. The molecule has 0 amide bonds. The second-order valence-corrected chi connectivity index (χ2v) is 9.82. The zero-order valence-electron chi connectivity index (χ0n) is 22.1. The smallest absolute Gasteiger partial charge is 0.236 e. The van der Waals surface area contributed by atoms with Crippen LogP contribution in [0.4, 0.5) is 0 Å². The number of para-hydroxylation sites is 1. The van der Waals surface area contributed by atoms with Crippen molar-refractivity contribution in [1.82, 2.24) is 34.5 Å². The van der Waals surface area contributed by atoms with Gasteiger partial charge in [-0.1, -0.05) is 25.1 Å². The van der Waals surface area contributed by atoms with Crippen molar-refractivity contribution in [2.45, 2.75) is 32.2 Å². The highest BCUT2D eigenvalue weighted by Gasteiger charge is 2.27. The number of ketones is 1. The number of aryl methyl sites for hydroxylation is 1. The fourth-order valence-electron chi connectivity index (χ4n) is 5.32. The number of fused-ring (bicyclic) bond motifs is 1. The van der Waals surface area contributed by atoms with E-state index in [4.69, 9.17) is 9.72 Å². The van der Waals surface area contributed by atoms with Crippen molar-refractivity contribution in [3.8, 4) is 17.1 Å². The molecule has 1 atom stereocenters. The van der Waals surface area contributed by atoms with E-state index in [0.29, 0.717) is 24.5 Å². The second kappa shape index (κ2) is 10.8. The second-order valence-electron chi connectivity index (χ2n) is 9.82. The van der Waals surface area contributed by atoms with E-state index in [1.165, 1.54) is 0 Å². The molecule has 5 rings (SSSR count). The number of hydrogen-bond donors (Lipinski definition) is 1. The molecule has 9 heteroatoms. The van der Waals surface area contributed by atoms with Gasteiger partial charge < -0.3 is 14.6 Å². The van der Waals surface area contributed by atoms with Gasteiger partial charge in [0.1, 0.15) is 5.82 Å². The van der Waals surface area contributed by atoms with Crippen LogP contribution in [0.3, 0.4) is 0 Å². The molecule has 0 saturated carbocycles. The van der Waals surface area contributed by atoms with Gasteiger partial charge in [-0.15, -0.1) is 5.10 Å². The summed E-state index contributed by atoms with van der Waals surface area (Å²) >= 11 is 0. The maximum atomic E-state index is 13.4. The van der Waals surface area contributed by atoms with Crippen molar-refractivity contribution >= 4 is 16.7 Å². The minimum absolute atomic E-state index is 0.0349. The number of nitrogens with zero attached hydrogens (tertiary/aromatic N) is 6. The highest BCUT2D eigenvalue weighted by atomic mass is 16.5. The number of likely N-dealkylation sites (N-methyl/N-ethyl adjacent to an activating group) is 1. The van der Waals surface area contributed by atoms with Gasteiger partial charge in [-0.3, -0.25) is 14.4 Å². The van der Waals surface area contributed by atoms with Gasteiger partial charge in [0.15, 0.2) is 5.78 Å². The third kappa shape index (κ3) is 5.28. The first-order chi connectivity index (χ1) is 18.0. The maximum absolute atomic E-state index is 13.4. The number of H-pyrrole nitrogens is 1. The van der Waals surface area contributed by atoms with E-state index < -0.39 is 0 Å². The Morgan fingerprint density at radius 2 is 1.95 bits per heavy atom. The number of methoxy groups -OCH3 is 1. The molecule has 4 heterocycles. The highest BCUT2D eigenvalue weighted by Crippen LogP contribution is 2.30. The lowest BCUT2D eigenvalue weighted by atomic mass is 9.98. The molecule has 0 aliphatic carbocycles. The monoisotopic (exact) mass is 501 g/mol. The lowest BCUT2D eigenvalue weighted by molar-refractivity contribution is -0.124. The van der Waals surface area contributed by atoms with Crippen LogP contribution in [0, 0.1) is 0 Å². The first-order valence-electron chi connectivity index (χ1n) is 12.9. The Balaban J connectivity index is 1.38. The van der Waals surface area contributed by atoms with Crippen LogP contribution in [-0.2, 0) is 24.7 Å². The Hall–Kier alpha value is -3.56. The molecule has 9 nitrogen and oxygen atoms in total. The molecule has 1 fully saturated rings. The van der Waals surface area contributed by atoms with Crippen molar-refractivity contribution in [2.75, 3.05) is 40.3 Å². The van der Waals surface area contributed by atoms with Crippen LogP contribution in [0.5, 0.6) is 5.88 Å². The molecular formula is C28H35N7O2. The molecule has 4 aromatic rings. The van der Waals surface area contributed by atoms with Crippen LogP contribution in [0.15, 0.2) is 42.9 Å². The van der Waals surface area contributed by atoms with E-state index in [9.17, 15) is 4.79 Å². The van der Waals surface area contributed by atoms with E-state index in [-0.39, 0.29) is 11.8 Å². The highest BCUT2D eigenvalue weighted by molar-refractivity contribution is 5.98. The first-order valence-corrected chi connectivity index (χ1v) is 12.9. The average molecular weight is 502 g/mol. The summed E-state index contributed by atoms with van der Waals surface area (Å²) in [5, 5.41) is 5.38. The molecule has 0 spiro atoms. The summed E-state index contributed by atoms with van der Waals surface area (Å²) in [7, 11) is 5.62. The Morgan fingerprint density at radius 1 is 1.14 bits per heavy atom. The molecule has 0 unspecified atom stereocenters. The van der Waals surface area contributed by atoms with Gasteiger partial charge in [-0.25, -0.2) is 9.97 Å². The number of aromatic amines is 1. The van der Waals surface area contributed by atoms with Crippen LogP contribution in [0.25, 0.3) is 22.2 Å². The van der Waals surface area contributed by atoms with E-state index in [2.05, 4.69) is 51.0 Å². The Bertz CT molecular complexity index is 1380. The van der Waals surface area contributed by atoms with Crippen molar-refractivity contribution in [3.63, 3.8) is 0 Å². The fourth-order valence-corrected chi connectivity index (χ4v) is 5.32. The van der Waals surface area contributed by atoms with Gasteiger partial charge in [-0.05, 0) is 25.1 Å². The number of benzene rings is 1. The van der Waals surface area contributed by atoms with Crippen LogP contribution >= 0.6 is 0 Å². The number of rotatable bonds is 9. The van der Waals surface area contributed by atoms with E-state index >= 15 is 0 Å². The Labute approximate surface area is 217 Å². The van der Waals surface area contributed by atoms with Crippen LogP contribution in [0.1, 0.15) is 30.3 Å². The van der Waals surface area contributed by atoms with Crippen molar-refractivity contribution in [1.29, 1.82) is 0 Å². The molecule has 0 bridgehead atoms. The topological polar surface area (TPSA) is 92.2 Å². The molecule has 3 aromatic heterocycles. The number of aromatic nitrogens is 5. The molecule has 1 aliphatic rings. The SMILES string of the molecule is CC[C@H](C(=O)Cc1cccc2c(-c3ccnc(Cc4cn(C)nc4OC)n3)c[nH]c12)N1CCN(C)CC1. The van der Waals surface area contributed by atoms with Gasteiger partial charge in [0.05, 0.1) is 18.8 Å². The number of Topliss-reactive ketones (excluding diaryl/α,β-unsaturated/α-hetero) is 1. The largest absolute Gasteiger partial charge is 0.480 e. The summed E-state index contributed by atoms with van der Waals surface area (Å²) in [5.74, 6) is 1.56. The minimum atomic E-state index is -0.0349. The number of carbonyl (C=O) groups excluding carboxylic acids is 1. The van der Waals surface area contributed by atoms with Crippen LogP contribution < -0.4 is 4.74 Å². The van der Waals surface area contributed by atoms with Gasteiger partial charge in [0.2, 0.25) is 5.88 Å². The summed E-state index contributed by atoms with van der Waals surface area (Å²) < 4.78 is 7.12. The average Bonchev–Trinajstić information content (AvgIpc) is 3.49. The molecule has 37 heavy (non-hydrogen) atoms. The zero-order valence-corrected chi connectivity index (χ0v) is 22.1. The Kier molecular flexibility index (Phi) is 7.34. The van der Waals surface area contributed by atoms with E-state index in [1.54, 1.807) is 18.0 Å². The molecule has 194 valence electrons. The van der Waals surface area contributed by atoms with Gasteiger partial charge in [-0.2, -0.15) is 0 Å². The van der Waals surface area contributed by atoms with Gasteiger partial charge in [0, 0.05) is 86.7 Å². The first kappa shape index (κ1) is 25.1. The number of nitrogens with one attached hydrogen (secondary N) is 1. The van der Waals surface area contributed by atoms with Crippen molar-refractivity contribution in [3.05, 3.63) is 59.8 Å². The standard InChI is InChI=1S/C28H35N7O2/c1-5-24(35-13-11-33(2)12-14-35)25(36)15-19-7-6-8-21-22(17-30-27(19)21)23-9-10-29-26(31-23)16-20-18-34(3)32-28(20)37-4/h6-10,17-18,24,30H,5,11-16H2,1-4H3/t24-/m1/s1. The lowest BCUT2D eigenvalue weighted by Crippen LogP contribution is -2.51. The predicted octanol–water partition coefficient (Wildman–Crippen LogP) is 3.10. The molecule has 1 aliphatic heterocycles.